The van der Waals surface area contributed by atoms with Gasteiger partial charge in [0.1, 0.15) is 0 Å². The van der Waals surface area contributed by atoms with Crippen LogP contribution in [-0.4, -0.2) is 78.5 Å². The number of rotatable bonds is 8. The predicted octanol–water partition coefficient (Wildman–Crippen LogP) is 2.94. The number of hydrogen-bond acceptors (Lipinski definition) is 5. The van der Waals surface area contributed by atoms with Crippen molar-refractivity contribution in [2.45, 2.75) is 20.8 Å². The fourth-order valence-corrected chi connectivity index (χ4v) is 4.10. The van der Waals surface area contributed by atoms with E-state index in [0.717, 1.165) is 5.56 Å². The number of likely N-dealkylation sites (N-methyl/N-ethyl adjacent to an activating group) is 1. The number of hydrogen-bond donors (Lipinski definition) is 2. The van der Waals surface area contributed by atoms with E-state index in [1.165, 1.54) is 6.07 Å². The zero-order valence-corrected chi connectivity index (χ0v) is 19.5. The Morgan fingerprint density at radius 3 is 2.24 bits per heavy atom. The molecule has 2 aromatic carbocycles. The van der Waals surface area contributed by atoms with Gasteiger partial charge in [0, 0.05) is 50.5 Å². The molecule has 176 valence electrons. The van der Waals surface area contributed by atoms with Gasteiger partial charge in [-0.15, -0.1) is 0 Å². The van der Waals surface area contributed by atoms with Crippen molar-refractivity contribution in [3.8, 4) is 0 Å². The van der Waals surface area contributed by atoms with Crippen LogP contribution < -0.4 is 10.2 Å². The number of nitrogens with zero attached hydrogens (tertiary/aromatic N) is 3. The fourth-order valence-electron chi connectivity index (χ4n) is 4.10. The second-order valence-electron chi connectivity index (χ2n) is 8.14. The number of carbonyl (C=O) groups excluding carboxylic acids is 2. The minimum atomic E-state index is -1.05. The summed E-state index contributed by atoms with van der Waals surface area (Å²) >= 11 is 0. The molecule has 0 aliphatic carbocycles. The van der Waals surface area contributed by atoms with Gasteiger partial charge in [-0.2, -0.15) is 0 Å². The van der Waals surface area contributed by atoms with Crippen LogP contribution >= 0.6 is 0 Å². The molecule has 0 atom stereocenters. The van der Waals surface area contributed by atoms with Gasteiger partial charge in [0.25, 0.3) is 5.91 Å². The number of carbonyl (C=O) groups is 3. The second-order valence-corrected chi connectivity index (χ2v) is 8.14. The van der Waals surface area contributed by atoms with E-state index in [2.05, 4.69) is 10.2 Å². The van der Waals surface area contributed by atoms with Crippen LogP contribution in [0.4, 0.5) is 11.4 Å². The minimum Gasteiger partial charge on any atom is -0.478 e. The van der Waals surface area contributed by atoms with Crippen molar-refractivity contribution in [1.29, 1.82) is 0 Å². The van der Waals surface area contributed by atoms with Gasteiger partial charge in [-0.1, -0.05) is 18.2 Å². The first-order chi connectivity index (χ1) is 15.8. The van der Waals surface area contributed by atoms with Crippen LogP contribution in [0.25, 0.3) is 0 Å². The second kappa shape index (κ2) is 11.0. The van der Waals surface area contributed by atoms with Crippen LogP contribution in [0.3, 0.4) is 0 Å². The van der Waals surface area contributed by atoms with E-state index < -0.39 is 5.97 Å². The maximum absolute atomic E-state index is 12.6. The maximum Gasteiger partial charge on any atom is 0.337 e. The number of aryl methyl sites for hydroxylation is 1. The summed E-state index contributed by atoms with van der Waals surface area (Å²) in [6.07, 6.45) is 0. The minimum absolute atomic E-state index is 0.119. The summed E-state index contributed by atoms with van der Waals surface area (Å²) in [7, 11) is 0. The van der Waals surface area contributed by atoms with Crippen molar-refractivity contribution in [1.82, 2.24) is 9.80 Å². The Kier molecular flexibility index (Phi) is 8.06. The molecule has 1 aliphatic heterocycles. The normalized spacial score (nSPS) is 14.1. The van der Waals surface area contributed by atoms with Gasteiger partial charge in [0.15, 0.2) is 0 Å². The molecule has 1 fully saturated rings. The molecule has 0 spiro atoms. The van der Waals surface area contributed by atoms with Crippen LogP contribution in [0.15, 0.2) is 42.5 Å². The number of piperazine rings is 1. The fraction of sp³-hybridized carbons (Fsp3) is 0.400. The van der Waals surface area contributed by atoms with E-state index in [0.29, 0.717) is 62.8 Å². The molecular formula is C25H32N4O4. The molecule has 0 radical (unpaired) electrons. The highest BCUT2D eigenvalue weighted by Crippen LogP contribution is 2.26. The molecule has 0 saturated carbocycles. The first-order valence-corrected chi connectivity index (χ1v) is 11.3. The Morgan fingerprint density at radius 2 is 1.64 bits per heavy atom. The molecule has 2 N–H and O–H groups in total. The summed E-state index contributed by atoms with van der Waals surface area (Å²) in [5.41, 5.74) is 2.60. The highest BCUT2D eigenvalue weighted by atomic mass is 16.4. The Labute approximate surface area is 194 Å². The molecule has 0 bridgehead atoms. The number of carboxylic acids is 1. The van der Waals surface area contributed by atoms with E-state index in [1.54, 1.807) is 24.3 Å². The van der Waals surface area contributed by atoms with Crippen LogP contribution in [0.5, 0.6) is 0 Å². The zero-order valence-electron chi connectivity index (χ0n) is 19.5. The van der Waals surface area contributed by atoms with Crippen molar-refractivity contribution < 1.29 is 19.5 Å². The number of aromatic carboxylic acids is 1. The summed E-state index contributed by atoms with van der Waals surface area (Å²) < 4.78 is 0. The molecule has 33 heavy (non-hydrogen) atoms. The van der Waals surface area contributed by atoms with Gasteiger partial charge in [-0.05, 0) is 50.6 Å². The quantitative estimate of drug-likeness (QED) is 0.640. The van der Waals surface area contributed by atoms with Gasteiger partial charge in [-0.3, -0.25) is 14.5 Å². The molecule has 8 heteroatoms. The average molecular weight is 453 g/mol. The van der Waals surface area contributed by atoms with Gasteiger partial charge in [0.05, 0.1) is 17.8 Å². The van der Waals surface area contributed by atoms with Crippen molar-refractivity contribution in [2.24, 2.45) is 0 Å². The topological polar surface area (TPSA) is 93.2 Å². The van der Waals surface area contributed by atoms with Gasteiger partial charge >= 0.3 is 5.97 Å². The third kappa shape index (κ3) is 5.90. The molecule has 3 rings (SSSR count). The van der Waals surface area contributed by atoms with Crippen molar-refractivity contribution in [3.63, 3.8) is 0 Å². The summed E-state index contributed by atoms with van der Waals surface area (Å²) in [6, 6.07) is 12.2. The summed E-state index contributed by atoms with van der Waals surface area (Å²) in [6.45, 7) is 10.2. The van der Waals surface area contributed by atoms with E-state index in [1.807, 2.05) is 42.7 Å². The lowest BCUT2D eigenvalue weighted by atomic mass is 10.1. The first kappa shape index (κ1) is 24.3. The smallest absolute Gasteiger partial charge is 0.337 e. The van der Waals surface area contributed by atoms with E-state index in [4.69, 9.17) is 0 Å². The molecule has 1 heterocycles. The van der Waals surface area contributed by atoms with Crippen molar-refractivity contribution in [3.05, 3.63) is 59.2 Å². The molecule has 1 aliphatic rings. The van der Waals surface area contributed by atoms with Crippen molar-refractivity contribution >= 4 is 29.2 Å². The third-order valence-electron chi connectivity index (χ3n) is 6.06. The lowest BCUT2D eigenvalue weighted by Crippen LogP contribution is -2.50. The zero-order chi connectivity index (χ0) is 24.0. The van der Waals surface area contributed by atoms with Crippen molar-refractivity contribution in [2.75, 3.05) is 56.0 Å². The highest BCUT2D eigenvalue weighted by molar-refractivity contribution is 6.06. The number of nitrogens with one attached hydrogen (secondary N) is 1. The molecule has 2 amide bonds. The van der Waals surface area contributed by atoms with E-state index >= 15 is 0 Å². The standard InChI is InChI=1S/C25H32N4O4/c1-4-28(5-2)23(30)17-27-12-14-29(15-13-27)22-11-10-19(16-21(22)25(32)33)26-24(31)20-9-7-6-8-18(20)3/h6-11,16H,4-5,12-15,17H2,1-3H3,(H,26,31)(H,32,33). The Bertz CT molecular complexity index is 1010. The number of amides is 2. The molecule has 1 saturated heterocycles. The van der Waals surface area contributed by atoms with Crippen LogP contribution in [-0.2, 0) is 4.79 Å². The molecule has 8 nitrogen and oxygen atoms in total. The predicted molar refractivity (Wildman–Crippen MR) is 129 cm³/mol. The summed E-state index contributed by atoms with van der Waals surface area (Å²) in [5.74, 6) is -1.20. The van der Waals surface area contributed by atoms with Crippen LogP contribution in [0, 0.1) is 6.92 Å². The van der Waals surface area contributed by atoms with Crippen LogP contribution in [0.1, 0.15) is 40.1 Å². The molecule has 2 aromatic rings. The molecule has 0 aromatic heterocycles. The summed E-state index contributed by atoms with van der Waals surface area (Å²) in [5, 5.41) is 12.6. The summed E-state index contributed by atoms with van der Waals surface area (Å²) in [4.78, 5) is 42.9. The highest BCUT2D eigenvalue weighted by Gasteiger charge is 2.24. The van der Waals surface area contributed by atoms with Gasteiger partial charge in [-0.25, -0.2) is 4.79 Å². The van der Waals surface area contributed by atoms with Gasteiger partial charge < -0.3 is 20.2 Å². The largest absolute Gasteiger partial charge is 0.478 e. The monoisotopic (exact) mass is 452 g/mol. The molecule has 0 unspecified atom stereocenters. The van der Waals surface area contributed by atoms with E-state index in [-0.39, 0.29) is 17.4 Å². The number of carboxylic acid groups (broad SMARTS) is 1. The molecular weight excluding hydrogens is 420 g/mol. The Morgan fingerprint density at radius 1 is 0.970 bits per heavy atom. The van der Waals surface area contributed by atoms with Gasteiger partial charge in [0.2, 0.25) is 5.91 Å². The number of anilines is 2. The third-order valence-corrected chi connectivity index (χ3v) is 6.06. The Balaban J connectivity index is 1.68. The van der Waals surface area contributed by atoms with E-state index in [9.17, 15) is 19.5 Å². The lowest BCUT2D eigenvalue weighted by molar-refractivity contribution is -0.132. The maximum atomic E-state index is 12.6. The first-order valence-electron chi connectivity index (χ1n) is 11.3. The number of benzene rings is 2. The average Bonchev–Trinajstić information content (AvgIpc) is 2.80. The van der Waals surface area contributed by atoms with Crippen LogP contribution in [0.2, 0.25) is 0 Å². The SMILES string of the molecule is CCN(CC)C(=O)CN1CCN(c2ccc(NC(=O)c3ccccc3C)cc2C(=O)O)CC1. The Hall–Kier alpha value is -3.39. The lowest BCUT2D eigenvalue weighted by Gasteiger charge is -2.37.